The van der Waals surface area contributed by atoms with Gasteiger partial charge < -0.3 is 10.1 Å². The van der Waals surface area contributed by atoms with Crippen LogP contribution < -0.4 is 20.1 Å². The van der Waals surface area contributed by atoms with Crippen LogP contribution in [-0.4, -0.2) is 21.9 Å². The lowest BCUT2D eigenvalue weighted by molar-refractivity contribution is -0.118. The van der Waals surface area contributed by atoms with Gasteiger partial charge in [-0.3, -0.25) is 9.59 Å². The summed E-state index contributed by atoms with van der Waals surface area (Å²) in [6.45, 7) is 1.87. The van der Waals surface area contributed by atoms with E-state index >= 15 is 0 Å². The van der Waals surface area contributed by atoms with Crippen molar-refractivity contribution < 1.29 is 9.53 Å². The van der Waals surface area contributed by atoms with Crippen molar-refractivity contribution in [3.05, 3.63) is 97.2 Å². The molecule has 0 atom stereocenters. The maximum atomic E-state index is 12.9. The van der Waals surface area contributed by atoms with Crippen LogP contribution >= 0.6 is 27.3 Å². The molecule has 1 amide bonds. The van der Waals surface area contributed by atoms with Crippen LogP contribution in [-0.2, 0) is 4.79 Å². The molecule has 0 radical (unpaired) electrons. The zero-order valence-corrected chi connectivity index (χ0v) is 19.9. The Morgan fingerprint density at radius 2 is 1.94 bits per heavy atom. The zero-order valence-electron chi connectivity index (χ0n) is 17.5. The Bertz CT molecular complexity index is 1610. The molecule has 5 aromatic rings. The number of ether oxygens (including phenoxy) is 1. The molecule has 2 aromatic heterocycles. The van der Waals surface area contributed by atoms with Crippen LogP contribution in [0.2, 0.25) is 0 Å². The fourth-order valence-electron chi connectivity index (χ4n) is 3.46. The normalized spacial score (nSPS) is 11.9. The number of halogens is 1. The van der Waals surface area contributed by atoms with E-state index in [0.29, 0.717) is 19.7 Å². The Hall–Kier alpha value is -3.49. The minimum atomic E-state index is -0.244. The van der Waals surface area contributed by atoms with Crippen LogP contribution in [0.4, 0.5) is 5.69 Å². The number of amides is 1. The van der Waals surface area contributed by atoms with Crippen LogP contribution in [0, 0.1) is 6.92 Å². The highest BCUT2D eigenvalue weighted by molar-refractivity contribution is 9.10. The first-order chi connectivity index (χ1) is 16.0. The topological polar surface area (TPSA) is 72.7 Å². The van der Waals surface area contributed by atoms with Gasteiger partial charge in [-0.2, -0.15) is 0 Å². The highest BCUT2D eigenvalue weighted by Gasteiger charge is 2.11. The number of aryl methyl sites for hydroxylation is 1. The molecule has 0 aliphatic heterocycles. The molecule has 164 valence electrons. The van der Waals surface area contributed by atoms with Gasteiger partial charge in [-0.05, 0) is 70.9 Å². The number of hydrogen-bond donors (Lipinski definition) is 1. The van der Waals surface area contributed by atoms with Gasteiger partial charge in [0.15, 0.2) is 11.6 Å². The third kappa shape index (κ3) is 4.40. The number of anilines is 1. The largest absolute Gasteiger partial charge is 0.483 e. The molecule has 1 N–H and O–H groups in total. The number of aromatic nitrogens is 2. The number of para-hydroxylation sites is 2. The number of hydrogen-bond acceptors (Lipinski definition) is 5. The molecule has 0 saturated carbocycles. The second-order valence-corrected chi connectivity index (χ2v) is 9.39. The molecule has 5 rings (SSSR count). The highest BCUT2D eigenvalue weighted by atomic mass is 79.9. The van der Waals surface area contributed by atoms with Crippen molar-refractivity contribution >= 4 is 60.9 Å². The lowest BCUT2D eigenvalue weighted by Crippen LogP contribution is -2.22. The van der Waals surface area contributed by atoms with E-state index in [1.165, 1.54) is 11.3 Å². The van der Waals surface area contributed by atoms with Crippen LogP contribution in [0.3, 0.4) is 0 Å². The molecule has 0 fully saturated rings. The summed E-state index contributed by atoms with van der Waals surface area (Å²) in [5.74, 6) is 0.298. The molecule has 0 unspecified atom stereocenters. The Balaban J connectivity index is 1.33. The van der Waals surface area contributed by atoms with Gasteiger partial charge in [0.2, 0.25) is 0 Å². The number of imidazole rings is 1. The van der Waals surface area contributed by atoms with E-state index < -0.39 is 0 Å². The lowest BCUT2D eigenvalue weighted by Gasteiger charge is -2.09. The molecule has 2 heterocycles. The fraction of sp³-hybridized carbons (Fsp3) is 0.0800. The second kappa shape index (κ2) is 8.80. The summed E-state index contributed by atoms with van der Waals surface area (Å²) in [6, 6.07) is 20.6. The fourth-order valence-corrected chi connectivity index (χ4v) is 4.96. The molecular formula is C25H18BrN3O3S. The number of rotatable bonds is 5. The van der Waals surface area contributed by atoms with Crippen LogP contribution in [0.25, 0.3) is 22.1 Å². The van der Waals surface area contributed by atoms with Crippen LogP contribution in [0.15, 0.2) is 76.0 Å². The predicted octanol–water partition coefficient (Wildman–Crippen LogP) is 4.55. The number of nitrogens with zero attached hydrogens (tertiary/aromatic N) is 2. The van der Waals surface area contributed by atoms with Crippen LogP contribution in [0.5, 0.6) is 5.75 Å². The predicted molar refractivity (Wildman–Crippen MR) is 135 cm³/mol. The molecule has 0 aliphatic carbocycles. The lowest BCUT2D eigenvalue weighted by atomic mass is 10.2. The van der Waals surface area contributed by atoms with Crippen molar-refractivity contribution in [1.82, 2.24) is 9.38 Å². The van der Waals surface area contributed by atoms with Crippen molar-refractivity contribution in [2.75, 3.05) is 11.9 Å². The van der Waals surface area contributed by atoms with Crippen molar-refractivity contribution in [2.45, 2.75) is 6.92 Å². The van der Waals surface area contributed by atoms with E-state index in [4.69, 9.17) is 4.74 Å². The summed E-state index contributed by atoms with van der Waals surface area (Å²) < 4.78 is 8.60. The molecule has 0 aliphatic rings. The standard InChI is InChI=1S/C25H18BrN3O3S/c1-15-6-9-17(10-7-15)27-23(30)14-32-21-11-8-16(12-18(21)26)13-22-24(31)29-20-5-3-2-4-19(20)28-25(29)33-22/h2-13H,14H2,1H3,(H,27,30)/b22-13-. The van der Waals surface area contributed by atoms with E-state index in [1.807, 2.05) is 73.7 Å². The summed E-state index contributed by atoms with van der Waals surface area (Å²) in [4.78, 5) is 30.3. The Morgan fingerprint density at radius 1 is 1.15 bits per heavy atom. The first-order valence-corrected chi connectivity index (χ1v) is 11.8. The van der Waals surface area contributed by atoms with Crippen molar-refractivity contribution in [3.63, 3.8) is 0 Å². The van der Waals surface area contributed by atoms with Gasteiger partial charge in [-0.25, -0.2) is 9.38 Å². The first-order valence-electron chi connectivity index (χ1n) is 10.2. The first kappa shape index (κ1) is 21.4. The van der Waals surface area contributed by atoms with Crippen molar-refractivity contribution in [1.29, 1.82) is 0 Å². The molecule has 3 aromatic carbocycles. The second-order valence-electron chi connectivity index (χ2n) is 7.53. The van der Waals surface area contributed by atoms with Gasteiger partial charge >= 0.3 is 0 Å². The van der Waals surface area contributed by atoms with Gasteiger partial charge in [0.25, 0.3) is 11.5 Å². The molecular weight excluding hydrogens is 502 g/mol. The third-order valence-corrected chi connectivity index (χ3v) is 6.68. The SMILES string of the molecule is Cc1ccc(NC(=O)COc2ccc(/C=c3\sc4nc5ccccc5n4c3=O)cc2Br)cc1. The highest BCUT2D eigenvalue weighted by Crippen LogP contribution is 2.26. The van der Waals surface area contributed by atoms with Crippen molar-refractivity contribution in [3.8, 4) is 5.75 Å². The average Bonchev–Trinajstić information content (AvgIpc) is 3.31. The molecule has 0 saturated heterocycles. The quantitative estimate of drug-likeness (QED) is 0.369. The Morgan fingerprint density at radius 3 is 2.73 bits per heavy atom. The van der Waals surface area contributed by atoms with E-state index in [1.54, 1.807) is 10.5 Å². The minimum Gasteiger partial charge on any atom is -0.483 e. The maximum Gasteiger partial charge on any atom is 0.274 e. The maximum absolute atomic E-state index is 12.9. The summed E-state index contributed by atoms with van der Waals surface area (Å²) in [5.41, 5.74) is 4.21. The van der Waals surface area contributed by atoms with Crippen molar-refractivity contribution in [2.24, 2.45) is 0 Å². The van der Waals surface area contributed by atoms with E-state index in [2.05, 4.69) is 26.2 Å². The van der Waals surface area contributed by atoms with Gasteiger partial charge in [0.1, 0.15) is 5.75 Å². The van der Waals surface area contributed by atoms with E-state index in [0.717, 1.165) is 27.8 Å². The van der Waals surface area contributed by atoms with Crippen LogP contribution in [0.1, 0.15) is 11.1 Å². The average molecular weight is 520 g/mol. The molecule has 8 heteroatoms. The number of thiazole rings is 1. The Kier molecular flexibility index (Phi) is 5.70. The van der Waals surface area contributed by atoms with Gasteiger partial charge in [-0.1, -0.05) is 47.2 Å². The van der Waals surface area contributed by atoms with E-state index in [9.17, 15) is 9.59 Å². The summed E-state index contributed by atoms with van der Waals surface area (Å²) in [6.07, 6.45) is 1.83. The molecule has 0 bridgehead atoms. The van der Waals surface area contributed by atoms with E-state index in [-0.39, 0.29) is 18.1 Å². The number of carbonyl (C=O) groups excluding carboxylic acids is 1. The molecule has 6 nitrogen and oxygen atoms in total. The minimum absolute atomic E-state index is 0.0899. The smallest absolute Gasteiger partial charge is 0.274 e. The summed E-state index contributed by atoms with van der Waals surface area (Å²) >= 11 is 4.85. The third-order valence-electron chi connectivity index (χ3n) is 5.09. The summed E-state index contributed by atoms with van der Waals surface area (Å²) in [7, 11) is 0. The number of fused-ring (bicyclic) bond motifs is 3. The molecule has 0 spiro atoms. The van der Waals surface area contributed by atoms with Gasteiger partial charge in [0, 0.05) is 5.69 Å². The monoisotopic (exact) mass is 519 g/mol. The summed E-state index contributed by atoms with van der Waals surface area (Å²) in [5, 5.41) is 2.80. The Labute approximate surface area is 201 Å². The zero-order chi connectivity index (χ0) is 22.9. The number of nitrogens with one attached hydrogen (secondary N) is 1. The molecule has 33 heavy (non-hydrogen) atoms. The van der Waals surface area contributed by atoms with Gasteiger partial charge in [0.05, 0.1) is 20.0 Å². The number of benzene rings is 3. The number of carbonyl (C=O) groups is 1. The van der Waals surface area contributed by atoms with Gasteiger partial charge in [-0.15, -0.1) is 0 Å².